The number of nitrogens with one attached hydrogen (secondary N) is 1. The maximum Gasteiger partial charge on any atom is 0.261 e. The van der Waals surface area contributed by atoms with Gasteiger partial charge in [-0.15, -0.1) is 0 Å². The third kappa shape index (κ3) is 5.63. The van der Waals surface area contributed by atoms with Crippen LogP contribution in [0.1, 0.15) is 49.9 Å². The standard InChI is InChI=1S/C22H29NO2/c1-15(2)13-21(19-9-7-6-8-10-19)23-22(24)18(5)25-20-12-11-16(3)17(4)14-20/h6-12,14-15,18,21H,13H2,1-5H3,(H,23,24). The van der Waals surface area contributed by atoms with Crippen LogP contribution in [0.3, 0.4) is 0 Å². The van der Waals surface area contributed by atoms with Crippen LogP contribution in [0.15, 0.2) is 48.5 Å². The summed E-state index contributed by atoms with van der Waals surface area (Å²) in [6.45, 7) is 10.2. The second kappa shape index (κ2) is 8.70. The van der Waals surface area contributed by atoms with Gasteiger partial charge in [-0.25, -0.2) is 0 Å². The van der Waals surface area contributed by atoms with Gasteiger partial charge in [0, 0.05) is 0 Å². The quantitative estimate of drug-likeness (QED) is 0.773. The van der Waals surface area contributed by atoms with E-state index in [-0.39, 0.29) is 11.9 Å². The van der Waals surface area contributed by atoms with Crippen molar-refractivity contribution in [1.82, 2.24) is 5.32 Å². The highest BCUT2D eigenvalue weighted by molar-refractivity contribution is 5.81. The van der Waals surface area contributed by atoms with Crippen LogP contribution in [0.5, 0.6) is 5.75 Å². The summed E-state index contributed by atoms with van der Waals surface area (Å²) in [5.41, 5.74) is 3.50. The lowest BCUT2D eigenvalue weighted by Crippen LogP contribution is -2.39. The summed E-state index contributed by atoms with van der Waals surface area (Å²) < 4.78 is 5.84. The Labute approximate surface area is 151 Å². The molecule has 0 radical (unpaired) electrons. The Morgan fingerprint density at radius 2 is 1.68 bits per heavy atom. The molecular weight excluding hydrogens is 310 g/mol. The number of amides is 1. The summed E-state index contributed by atoms with van der Waals surface area (Å²) in [7, 11) is 0. The van der Waals surface area contributed by atoms with Crippen molar-refractivity contribution in [3.05, 3.63) is 65.2 Å². The molecule has 3 heteroatoms. The van der Waals surface area contributed by atoms with Gasteiger partial charge >= 0.3 is 0 Å². The monoisotopic (exact) mass is 339 g/mol. The minimum atomic E-state index is -0.541. The van der Waals surface area contributed by atoms with Crippen LogP contribution in [-0.2, 0) is 4.79 Å². The first-order valence-electron chi connectivity index (χ1n) is 8.96. The SMILES string of the molecule is Cc1ccc(OC(C)C(=O)NC(CC(C)C)c2ccccc2)cc1C. The second-order valence-electron chi connectivity index (χ2n) is 7.11. The molecule has 0 heterocycles. The number of hydrogen-bond donors (Lipinski definition) is 1. The van der Waals surface area contributed by atoms with E-state index in [9.17, 15) is 4.79 Å². The molecule has 0 aromatic heterocycles. The second-order valence-corrected chi connectivity index (χ2v) is 7.11. The van der Waals surface area contributed by atoms with Gasteiger partial charge in [0.1, 0.15) is 5.75 Å². The molecule has 25 heavy (non-hydrogen) atoms. The smallest absolute Gasteiger partial charge is 0.261 e. The summed E-state index contributed by atoms with van der Waals surface area (Å²) >= 11 is 0. The van der Waals surface area contributed by atoms with Crippen molar-refractivity contribution in [2.24, 2.45) is 5.92 Å². The number of carbonyl (C=O) groups excluding carboxylic acids is 1. The van der Waals surface area contributed by atoms with Gasteiger partial charge in [0.25, 0.3) is 5.91 Å². The third-order valence-electron chi connectivity index (χ3n) is 4.39. The van der Waals surface area contributed by atoms with Crippen LogP contribution >= 0.6 is 0 Å². The Morgan fingerprint density at radius 1 is 1.00 bits per heavy atom. The van der Waals surface area contributed by atoms with E-state index in [0.717, 1.165) is 23.3 Å². The Balaban J connectivity index is 2.05. The lowest BCUT2D eigenvalue weighted by Gasteiger charge is -2.23. The van der Waals surface area contributed by atoms with E-state index in [2.05, 4.69) is 38.2 Å². The van der Waals surface area contributed by atoms with E-state index in [1.165, 1.54) is 5.56 Å². The fraction of sp³-hybridized carbons (Fsp3) is 0.409. The molecule has 2 aromatic rings. The average Bonchev–Trinajstić information content (AvgIpc) is 2.58. The molecule has 134 valence electrons. The van der Waals surface area contributed by atoms with E-state index in [4.69, 9.17) is 4.74 Å². The number of rotatable bonds is 7. The molecule has 2 aromatic carbocycles. The fourth-order valence-electron chi connectivity index (χ4n) is 2.77. The minimum Gasteiger partial charge on any atom is -0.481 e. The number of hydrogen-bond acceptors (Lipinski definition) is 2. The number of carbonyl (C=O) groups is 1. The van der Waals surface area contributed by atoms with Crippen molar-refractivity contribution in [3.8, 4) is 5.75 Å². The molecule has 2 unspecified atom stereocenters. The highest BCUT2D eigenvalue weighted by Gasteiger charge is 2.21. The zero-order chi connectivity index (χ0) is 18.4. The molecule has 0 saturated heterocycles. The van der Waals surface area contributed by atoms with Gasteiger partial charge in [-0.3, -0.25) is 4.79 Å². The highest BCUT2D eigenvalue weighted by atomic mass is 16.5. The van der Waals surface area contributed by atoms with Crippen LogP contribution in [-0.4, -0.2) is 12.0 Å². The number of aryl methyl sites for hydroxylation is 2. The summed E-state index contributed by atoms with van der Waals surface area (Å²) in [5.74, 6) is 1.13. The first kappa shape index (κ1) is 19.0. The molecule has 0 bridgehead atoms. The summed E-state index contributed by atoms with van der Waals surface area (Å²) in [6.07, 6.45) is 0.354. The fourth-order valence-corrected chi connectivity index (χ4v) is 2.77. The molecule has 2 atom stereocenters. The summed E-state index contributed by atoms with van der Waals surface area (Å²) in [5, 5.41) is 3.15. The van der Waals surface area contributed by atoms with Gasteiger partial charge in [0.15, 0.2) is 6.10 Å². The van der Waals surface area contributed by atoms with Crippen molar-refractivity contribution in [2.75, 3.05) is 0 Å². The molecule has 2 rings (SSSR count). The van der Waals surface area contributed by atoms with Crippen molar-refractivity contribution >= 4 is 5.91 Å². The van der Waals surface area contributed by atoms with Crippen LogP contribution in [0.25, 0.3) is 0 Å². The zero-order valence-corrected chi connectivity index (χ0v) is 15.9. The van der Waals surface area contributed by atoms with Crippen LogP contribution in [0, 0.1) is 19.8 Å². The Hall–Kier alpha value is -2.29. The van der Waals surface area contributed by atoms with Gasteiger partial charge < -0.3 is 10.1 Å². The summed E-state index contributed by atoms with van der Waals surface area (Å²) in [6, 6.07) is 16.0. The van der Waals surface area contributed by atoms with Gasteiger partial charge in [-0.1, -0.05) is 50.2 Å². The van der Waals surface area contributed by atoms with Crippen molar-refractivity contribution in [2.45, 2.75) is 53.2 Å². The predicted molar refractivity (Wildman–Crippen MR) is 103 cm³/mol. The maximum absolute atomic E-state index is 12.6. The number of ether oxygens (including phenoxy) is 1. The summed E-state index contributed by atoms with van der Waals surface area (Å²) in [4.78, 5) is 12.6. The molecule has 0 spiro atoms. The molecule has 3 nitrogen and oxygen atoms in total. The third-order valence-corrected chi connectivity index (χ3v) is 4.39. The van der Waals surface area contributed by atoms with E-state index in [1.807, 2.05) is 43.3 Å². The van der Waals surface area contributed by atoms with Gasteiger partial charge in [-0.2, -0.15) is 0 Å². The van der Waals surface area contributed by atoms with E-state index in [0.29, 0.717) is 5.92 Å². The molecule has 0 aliphatic rings. The maximum atomic E-state index is 12.6. The molecule has 0 aliphatic carbocycles. The van der Waals surface area contributed by atoms with Gasteiger partial charge in [0.05, 0.1) is 6.04 Å². The normalized spacial score (nSPS) is 13.4. The Bertz CT molecular complexity index is 694. The molecule has 0 saturated carbocycles. The Kier molecular flexibility index (Phi) is 6.63. The lowest BCUT2D eigenvalue weighted by atomic mass is 9.97. The van der Waals surface area contributed by atoms with Crippen LogP contribution in [0.2, 0.25) is 0 Å². The first-order chi connectivity index (χ1) is 11.9. The lowest BCUT2D eigenvalue weighted by molar-refractivity contribution is -0.128. The zero-order valence-electron chi connectivity index (χ0n) is 15.9. The van der Waals surface area contributed by atoms with Crippen molar-refractivity contribution in [3.63, 3.8) is 0 Å². The minimum absolute atomic E-state index is 0.000459. The van der Waals surface area contributed by atoms with Gasteiger partial charge in [-0.05, 0) is 61.9 Å². The van der Waals surface area contributed by atoms with E-state index in [1.54, 1.807) is 6.92 Å². The first-order valence-corrected chi connectivity index (χ1v) is 8.96. The topological polar surface area (TPSA) is 38.3 Å². The molecule has 0 fully saturated rings. The Morgan fingerprint density at radius 3 is 2.28 bits per heavy atom. The largest absolute Gasteiger partial charge is 0.481 e. The average molecular weight is 339 g/mol. The van der Waals surface area contributed by atoms with Crippen LogP contribution < -0.4 is 10.1 Å². The number of benzene rings is 2. The van der Waals surface area contributed by atoms with Gasteiger partial charge in [0.2, 0.25) is 0 Å². The predicted octanol–water partition coefficient (Wildman–Crippen LogP) is 4.97. The van der Waals surface area contributed by atoms with Crippen molar-refractivity contribution < 1.29 is 9.53 Å². The molecular formula is C22H29NO2. The van der Waals surface area contributed by atoms with Crippen molar-refractivity contribution in [1.29, 1.82) is 0 Å². The highest BCUT2D eigenvalue weighted by Crippen LogP contribution is 2.22. The molecule has 1 amide bonds. The molecule has 1 N–H and O–H groups in total. The van der Waals surface area contributed by atoms with E-state index < -0.39 is 6.10 Å². The van der Waals surface area contributed by atoms with E-state index >= 15 is 0 Å². The van der Waals surface area contributed by atoms with Crippen LogP contribution in [0.4, 0.5) is 0 Å². The molecule has 0 aliphatic heterocycles.